The summed E-state index contributed by atoms with van der Waals surface area (Å²) in [4.78, 5) is 7.04. The molecule has 4 nitrogen and oxygen atoms in total. The van der Waals surface area contributed by atoms with Gasteiger partial charge < -0.3 is 10.5 Å². The van der Waals surface area contributed by atoms with Crippen LogP contribution in [-0.4, -0.2) is 23.3 Å². The molecule has 0 atom stereocenters. The second kappa shape index (κ2) is 3.76. The Kier molecular flexibility index (Phi) is 2.83. The van der Waals surface area contributed by atoms with Gasteiger partial charge in [-0.3, -0.25) is 0 Å². The maximum atomic E-state index is 12.2. The fraction of sp³-hybridized carbons (Fsp3) is 0.250. The molecule has 1 heterocycles. The Morgan fingerprint density at radius 2 is 2.13 bits per heavy atom. The lowest BCUT2D eigenvalue weighted by Gasteiger charge is -2.10. The van der Waals surface area contributed by atoms with Crippen molar-refractivity contribution < 1.29 is 17.9 Å². The Bertz CT molecular complexity index is 389. The summed E-state index contributed by atoms with van der Waals surface area (Å²) in [6.45, 7) is 2.88. The van der Waals surface area contributed by atoms with E-state index in [2.05, 4.69) is 21.3 Å². The molecule has 2 N–H and O–H groups in total. The van der Waals surface area contributed by atoms with E-state index in [1.807, 2.05) is 0 Å². The van der Waals surface area contributed by atoms with Gasteiger partial charge in [-0.2, -0.15) is 13.2 Å². The van der Waals surface area contributed by atoms with Gasteiger partial charge in [-0.05, 0) is 0 Å². The van der Waals surface area contributed by atoms with E-state index in [9.17, 15) is 13.2 Å². The van der Waals surface area contributed by atoms with Crippen LogP contribution in [-0.2, 0) is 0 Å². The minimum absolute atomic E-state index is 0.0729. The van der Waals surface area contributed by atoms with Gasteiger partial charge in [0.05, 0.1) is 24.6 Å². The summed E-state index contributed by atoms with van der Waals surface area (Å²) >= 11 is 0. The molecule has 0 saturated heterocycles. The number of nitrogens with zero attached hydrogens (tertiary/aromatic N) is 2. The monoisotopic (exact) mass is 219 g/mol. The van der Waals surface area contributed by atoms with E-state index in [4.69, 9.17) is 5.73 Å². The molecule has 1 aromatic rings. The molecule has 82 valence electrons. The molecule has 15 heavy (non-hydrogen) atoms. The standard InChI is InChI=1S/C8H8F3N3O/c1-4(8(9,10)11)5-3-13-6(12)7(14-5)15-2/h3H,1H2,2H3,(H2,12,13). The van der Waals surface area contributed by atoms with Crippen molar-refractivity contribution in [3.05, 3.63) is 18.5 Å². The zero-order valence-corrected chi connectivity index (χ0v) is 7.80. The van der Waals surface area contributed by atoms with E-state index in [0.29, 0.717) is 0 Å². The third-order valence-corrected chi connectivity index (χ3v) is 1.61. The van der Waals surface area contributed by atoms with Gasteiger partial charge in [0.1, 0.15) is 0 Å². The number of rotatable bonds is 2. The van der Waals surface area contributed by atoms with Crippen LogP contribution in [0.1, 0.15) is 5.69 Å². The summed E-state index contributed by atoms with van der Waals surface area (Å²) < 4.78 is 41.3. The highest BCUT2D eigenvalue weighted by atomic mass is 19.4. The maximum Gasteiger partial charge on any atom is 0.417 e. The van der Waals surface area contributed by atoms with Gasteiger partial charge >= 0.3 is 6.18 Å². The van der Waals surface area contributed by atoms with Crippen molar-refractivity contribution in [3.63, 3.8) is 0 Å². The van der Waals surface area contributed by atoms with Crippen molar-refractivity contribution in [2.24, 2.45) is 0 Å². The Labute approximate surface area is 83.6 Å². The number of aromatic nitrogens is 2. The molecule has 0 aromatic carbocycles. The van der Waals surface area contributed by atoms with Gasteiger partial charge in [-0.1, -0.05) is 6.58 Å². The first-order valence-corrected chi connectivity index (χ1v) is 3.79. The molecule has 0 aliphatic heterocycles. The number of anilines is 1. The number of halogens is 3. The zero-order valence-electron chi connectivity index (χ0n) is 7.80. The van der Waals surface area contributed by atoms with Crippen molar-refractivity contribution in [1.82, 2.24) is 9.97 Å². The van der Waals surface area contributed by atoms with Gasteiger partial charge in [0.15, 0.2) is 5.82 Å². The lowest BCUT2D eigenvalue weighted by molar-refractivity contribution is -0.0689. The number of hydrogen-bond acceptors (Lipinski definition) is 4. The molecule has 0 aliphatic carbocycles. The molecular weight excluding hydrogens is 211 g/mol. The lowest BCUT2D eigenvalue weighted by atomic mass is 10.2. The van der Waals surface area contributed by atoms with Crippen LogP contribution in [0, 0.1) is 0 Å². The first-order valence-electron chi connectivity index (χ1n) is 3.79. The van der Waals surface area contributed by atoms with Gasteiger partial charge in [0, 0.05) is 0 Å². The molecule has 0 amide bonds. The Balaban J connectivity index is 3.12. The minimum atomic E-state index is -4.55. The molecule has 0 fully saturated rings. The van der Waals surface area contributed by atoms with Crippen LogP contribution >= 0.6 is 0 Å². The van der Waals surface area contributed by atoms with Crippen LogP contribution in [0.25, 0.3) is 5.57 Å². The zero-order chi connectivity index (χ0) is 11.6. The first kappa shape index (κ1) is 11.3. The predicted octanol–water partition coefficient (Wildman–Crippen LogP) is 1.64. The van der Waals surface area contributed by atoms with Crippen LogP contribution in [0.3, 0.4) is 0 Å². The van der Waals surface area contributed by atoms with Gasteiger partial charge in [-0.25, -0.2) is 9.97 Å². The van der Waals surface area contributed by atoms with Crippen LogP contribution in [0.4, 0.5) is 19.0 Å². The van der Waals surface area contributed by atoms with Crippen LogP contribution in [0.15, 0.2) is 12.8 Å². The van der Waals surface area contributed by atoms with E-state index in [-0.39, 0.29) is 11.7 Å². The summed E-state index contributed by atoms with van der Waals surface area (Å²) in [6, 6.07) is 0. The molecule has 1 rings (SSSR count). The van der Waals surface area contributed by atoms with Crippen molar-refractivity contribution in [3.8, 4) is 5.88 Å². The van der Waals surface area contributed by atoms with Crippen molar-refractivity contribution in [1.29, 1.82) is 0 Å². The summed E-state index contributed by atoms with van der Waals surface area (Å²) in [6.07, 6.45) is -3.65. The SMILES string of the molecule is C=C(c1cnc(N)c(OC)n1)C(F)(F)F. The third-order valence-electron chi connectivity index (χ3n) is 1.61. The highest BCUT2D eigenvalue weighted by Crippen LogP contribution is 2.32. The average molecular weight is 219 g/mol. The normalized spacial score (nSPS) is 11.2. The summed E-state index contributed by atoms with van der Waals surface area (Å²) in [5.74, 6) is -0.228. The molecule has 0 radical (unpaired) electrons. The summed E-state index contributed by atoms with van der Waals surface area (Å²) in [7, 11) is 1.24. The quantitative estimate of drug-likeness (QED) is 0.821. The lowest BCUT2D eigenvalue weighted by Crippen LogP contribution is -2.12. The number of nitrogens with two attached hydrogens (primary N) is 1. The van der Waals surface area contributed by atoms with Crippen LogP contribution in [0.5, 0.6) is 5.88 Å². The summed E-state index contributed by atoms with van der Waals surface area (Å²) in [5, 5.41) is 0. The molecule has 1 aromatic heterocycles. The highest BCUT2D eigenvalue weighted by Gasteiger charge is 2.34. The minimum Gasteiger partial charge on any atom is -0.478 e. The second-order valence-corrected chi connectivity index (χ2v) is 2.63. The molecule has 7 heteroatoms. The van der Waals surface area contributed by atoms with Crippen molar-refractivity contribution >= 4 is 11.4 Å². The Morgan fingerprint density at radius 1 is 1.53 bits per heavy atom. The number of hydrogen-bond donors (Lipinski definition) is 1. The predicted molar refractivity (Wildman–Crippen MR) is 48.1 cm³/mol. The molecule has 0 bridgehead atoms. The second-order valence-electron chi connectivity index (χ2n) is 2.63. The van der Waals surface area contributed by atoms with Crippen molar-refractivity contribution in [2.45, 2.75) is 6.18 Å². The number of alkyl halides is 3. The Morgan fingerprint density at radius 3 is 2.60 bits per heavy atom. The molecule has 0 spiro atoms. The number of nitrogen functional groups attached to an aromatic ring is 1. The smallest absolute Gasteiger partial charge is 0.417 e. The van der Waals surface area contributed by atoms with E-state index in [1.165, 1.54) is 7.11 Å². The van der Waals surface area contributed by atoms with E-state index in [1.54, 1.807) is 0 Å². The fourth-order valence-corrected chi connectivity index (χ4v) is 0.822. The van der Waals surface area contributed by atoms with E-state index in [0.717, 1.165) is 6.20 Å². The van der Waals surface area contributed by atoms with Crippen molar-refractivity contribution in [2.75, 3.05) is 12.8 Å². The van der Waals surface area contributed by atoms with Gasteiger partial charge in [-0.15, -0.1) is 0 Å². The highest BCUT2D eigenvalue weighted by molar-refractivity contribution is 5.65. The average Bonchev–Trinajstić information content (AvgIpc) is 2.16. The largest absolute Gasteiger partial charge is 0.478 e. The number of allylic oxidation sites excluding steroid dienone is 1. The molecule has 0 aliphatic rings. The van der Waals surface area contributed by atoms with Gasteiger partial charge in [0.2, 0.25) is 0 Å². The van der Waals surface area contributed by atoms with Crippen LogP contribution in [0.2, 0.25) is 0 Å². The van der Waals surface area contributed by atoms with E-state index >= 15 is 0 Å². The fourth-order valence-electron chi connectivity index (χ4n) is 0.822. The summed E-state index contributed by atoms with van der Waals surface area (Å²) in [5.41, 5.74) is 3.80. The third kappa shape index (κ3) is 2.36. The number of ether oxygens (including phenoxy) is 1. The Hall–Kier alpha value is -1.79. The first-order chi connectivity index (χ1) is 6.86. The maximum absolute atomic E-state index is 12.2. The molecule has 0 unspecified atom stereocenters. The van der Waals surface area contributed by atoms with E-state index < -0.39 is 17.4 Å². The number of methoxy groups -OCH3 is 1. The van der Waals surface area contributed by atoms with Crippen LogP contribution < -0.4 is 10.5 Å². The topological polar surface area (TPSA) is 61.0 Å². The molecular formula is C8H8F3N3O. The van der Waals surface area contributed by atoms with Gasteiger partial charge in [0.25, 0.3) is 5.88 Å². The molecule has 0 saturated carbocycles.